The Hall–Kier alpha value is -0.890. The number of nitrogens with two attached hydrogens (primary N) is 1. The Balaban J connectivity index is 2.22. The quantitative estimate of drug-likeness (QED) is 0.767. The summed E-state index contributed by atoms with van der Waals surface area (Å²) in [5.74, 6) is 0.887. The average molecular weight is 193 g/mol. The van der Waals surface area contributed by atoms with Gasteiger partial charge in [-0.1, -0.05) is 26.0 Å². The molecule has 2 heteroatoms. The van der Waals surface area contributed by atoms with E-state index in [1.807, 2.05) is 12.1 Å². The molecule has 1 nitrogen and oxygen atoms in total. The largest absolute Gasteiger partial charge is 0.330 e. The first kappa shape index (κ1) is 9.66. The van der Waals surface area contributed by atoms with E-state index in [2.05, 4.69) is 13.8 Å². The van der Waals surface area contributed by atoms with Gasteiger partial charge in [-0.15, -0.1) is 0 Å². The molecule has 0 bridgehead atoms. The molecule has 0 unspecified atom stereocenters. The first-order valence-electron chi connectivity index (χ1n) is 5.03. The number of rotatable bonds is 2. The molecule has 0 saturated heterocycles. The second-order valence-electron chi connectivity index (χ2n) is 4.69. The van der Waals surface area contributed by atoms with Crippen molar-refractivity contribution in [1.82, 2.24) is 0 Å². The van der Waals surface area contributed by atoms with Crippen LogP contribution in [-0.4, -0.2) is 6.54 Å². The summed E-state index contributed by atoms with van der Waals surface area (Å²) in [5, 5.41) is 0. The molecule has 2 atom stereocenters. The Kier molecular flexibility index (Phi) is 2.11. The van der Waals surface area contributed by atoms with Gasteiger partial charge >= 0.3 is 0 Å². The van der Waals surface area contributed by atoms with Crippen molar-refractivity contribution in [3.8, 4) is 0 Å². The lowest BCUT2D eigenvalue weighted by Crippen LogP contribution is -2.05. The number of halogens is 1. The van der Waals surface area contributed by atoms with Crippen LogP contribution in [0.2, 0.25) is 0 Å². The van der Waals surface area contributed by atoms with E-state index in [0.29, 0.717) is 11.8 Å². The zero-order chi connectivity index (χ0) is 10.3. The number of hydrogen-bond donors (Lipinski definition) is 1. The molecule has 0 radical (unpaired) electrons. The molecule has 0 amide bonds. The van der Waals surface area contributed by atoms with Crippen LogP contribution in [0.3, 0.4) is 0 Å². The van der Waals surface area contributed by atoms with Crippen molar-refractivity contribution in [3.63, 3.8) is 0 Å². The average Bonchev–Trinajstić information content (AvgIpc) is 2.69. The van der Waals surface area contributed by atoms with Gasteiger partial charge < -0.3 is 5.73 Å². The van der Waals surface area contributed by atoms with Gasteiger partial charge in [0.2, 0.25) is 0 Å². The summed E-state index contributed by atoms with van der Waals surface area (Å²) in [4.78, 5) is 0. The topological polar surface area (TPSA) is 26.0 Å². The van der Waals surface area contributed by atoms with Crippen molar-refractivity contribution < 1.29 is 4.39 Å². The third-order valence-electron chi connectivity index (χ3n) is 3.53. The maximum atomic E-state index is 12.7. The van der Waals surface area contributed by atoms with Crippen molar-refractivity contribution in [1.29, 1.82) is 0 Å². The lowest BCUT2D eigenvalue weighted by molar-refractivity contribution is 0.558. The third kappa shape index (κ3) is 1.34. The maximum absolute atomic E-state index is 12.7. The Morgan fingerprint density at radius 2 is 1.86 bits per heavy atom. The summed E-state index contributed by atoms with van der Waals surface area (Å²) in [6.45, 7) is 5.16. The molecule has 1 aromatic carbocycles. The summed E-state index contributed by atoms with van der Waals surface area (Å²) in [6, 6.07) is 6.80. The Morgan fingerprint density at radius 3 is 2.29 bits per heavy atom. The van der Waals surface area contributed by atoms with Gasteiger partial charge in [-0.25, -0.2) is 4.39 Å². The van der Waals surface area contributed by atoms with Gasteiger partial charge in [-0.3, -0.25) is 0 Å². The summed E-state index contributed by atoms with van der Waals surface area (Å²) in [5.41, 5.74) is 7.19. The number of hydrogen-bond acceptors (Lipinski definition) is 1. The molecule has 2 rings (SSSR count). The monoisotopic (exact) mass is 193 g/mol. The van der Waals surface area contributed by atoms with E-state index in [0.717, 1.165) is 6.54 Å². The van der Waals surface area contributed by atoms with E-state index in [1.165, 1.54) is 17.7 Å². The predicted octanol–water partition coefficient (Wildman–Crippen LogP) is 2.52. The molecule has 1 aliphatic carbocycles. The van der Waals surface area contributed by atoms with Crippen LogP contribution in [0.1, 0.15) is 25.3 Å². The molecule has 0 aromatic heterocycles. The molecule has 1 aromatic rings. The molecule has 2 N–H and O–H groups in total. The molecule has 1 fully saturated rings. The zero-order valence-electron chi connectivity index (χ0n) is 8.63. The molecule has 1 saturated carbocycles. The van der Waals surface area contributed by atoms with Crippen molar-refractivity contribution in [2.45, 2.75) is 19.8 Å². The first-order chi connectivity index (χ1) is 6.57. The minimum Gasteiger partial charge on any atom is -0.330 e. The van der Waals surface area contributed by atoms with Gasteiger partial charge in [-0.05, 0) is 41.5 Å². The normalized spacial score (nSPS) is 28.9. The van der Waals surface area contributed by atoms with Gasteiger partial charge in [-0.2, -0.15) is 0 Å². The van der Waals surface area contributed by atoms with Crippen LogP contribution < -0.4 is 5.73 Å². The van der Waals surface area contributed by atoms with Crippen LogP contribution in [0.5, 0.6) is 0 Å². The highest BCUT2D eigenvalue weighted by Crippen LogP contribution is 2.63. The van der Waals surface area contributed by atoms with Gasteiger partial charge in [0.1, 0.15) is 5.82 Å². The minimum absolute atomic E-state index is 0.170. The summed E-state index contributed by atoms with van der Waals surface area (Å²) in [6.07, 6.45) is 0. The van der Waals surface area contributed by atoms with E-state index in [1.54, 1.807) is 0 Å². The maximum Gasteiger partial charge on any atom is 0.123 e. The molecule has 0 spiro atoms. The van der Waals surface area contributed by atoms with Crippen LogP contribution >= 0.6 is 0 Å². The van der Waals surface area contributed by atoms with Crippen molar-refractivity contribution in [3.05, 3.63) is 35.6 Å². The van der Waals surface area contributed by atoms with Gasteiger partial charge in [0, 0.05) is 0 Å². The highest BCUT2D eigenvalue weighted by atomic mass is 19.1. The molecule has 0 heterocycles. The lowest BCUT2D eigenvalue weighted by atomic mass is 10.0. The van der Waals surface area contributed by atoms with Crippen LogP contribution in [0.15, 0.2) is 24.3 Å². The molecule has 1 aliphatic rings. The molecular formula is C12H16FN. The lowest BCUT2D eigenvalue weighted by Gasteiger charge is -2.02. The Bertz CT molecular complexity index is 329. The summed E-state index contributed by atoms with van der Waals surface area (Å²) < 4.78 is 12.7. The number of benzene rings is 1. The van der Waals surface area contributed by atoms with Crippen LogP contribution in [0, 0.1) is 17.2 Å². The highest BCUT2D eigenvalue weighted by molar-refractivity contribution is 5.31. The predicted molar refractivity (Wildman–Crippen MR) is 55.5 cm³/mol. The van der Waals surface area contributed by atoms with E-state index >= 15 is 0 Å². The summed E-state index contributed by atoms with van der Waals surface area (Å²) in [7, 11) is 0. The van der Waals surface area contributed by atoms with Crippen LogP contribution in [0.25, 0.3) is 0 Å². The van der Waals surface area contributed by atoms with E-state index in [4.69, 9.17) is 5.73 Å². The molecule has 14 heavy (non-hydrogen) atoms. The Morgan fingerprint density at radius 1 is 1.29 bits per heavy atom. The van der Waals surface area contributed by atoms with Gasteiger partial charge in [0.25, 0.3) is 0 Å². The minimum atomic E-state index is -0.170. The van der Waals surface area contributed by atoms with Crippen molar-refractivity contribution in [2.24, 2.45) is 17.1 Å². The van der Waals surface area contributed by atoms with Gasteiger partial charge in [0.05, 0.1) is 0 Å². The first-order valence-corrected chi connectivity index (χ1v) is 5.03. The third-order valence-corrected chi connectivity index (χ3v) is 3.53. The Labute approximate surface area is 84.1 Å². The SMILES string of the molecule is CC1(C)[C@@H](CN)[C@@H]1c1ccc(F)cc1. The van der Waals surface area contributed by atoms with Crippen LogP contribution in [-0.2, 0) is 0 Å². The zero-order valence-corrected chi connectivity index (χ0v) is 8.63. The van der Waals surface area contributed by atoms with Crippen molar-refractivity contribution in [2.75, 3.05) is 6.54 Å². The molecular weight excluding hydrogens is 177 g/mol. The summed E-state index contributed by atoms with van der Waals surface area (Å²) >= 11 is 0. The second-order valence-corrected chi connectivity index (χ2v) is 4.69. The van der Waals surface area contributed by atoms with Crippen LogP contribution in [0.4, 0.5) is 4.39 Å². The van der Waals surface area contributed by atoms with E-state index in [9.17, 15) is 4.39 Å². The molecule has 76 valence electrons. The molecule has 0 aliphatic heterocycles. The van der Waals surface area contributed by atoms with E-state index in [-0.39, 0.29) is 11.2 Å². The fourth-order valence-corrected chi connectivity index (χ4v) is 2.52. The van der Waals surface area contributed by atoms with E-state index < -0.39 is 0 Å². The smallest absolute Gasteiger partial charge is 0.123 e. The van der Waals surface area contributed by atoms with Crippen molar-refractivity contribution >= 4 is 0 Å². The fourth-order valence-electron chi connectivity index (χ4n) is 2.52. The highest BCUT2D eigenvalue weighted by Gasteiger charge is 2.56. The standard InChI is InChI=1S/C12H16FN/c1-12(2)10(7-14)11(12)8-3-5-9(13)6-4-8/h3-6,10-11H,7,14H2,1-2H3/t10-,11-/m0/s1. The van der Waals surface area contributed by atoms with Gasteiger partial charge in [0.15, 0.2) is 0 Å². The second kappa shape index (κ2) is 3.06. The fraction of sp³-hybridized carbons (Fsp3) is 0.500.